The highest BCUT2D eigenvalue weighted by atomic mass is 32.1. The molecule has 0 bridgehead atoms. The topological polar surface area (TPSA) is 124 Å². The minimum absolute atomic E-state index is 0.229. The van der Waals surface area contributed by atoms with Gasteiger partial charge in [0.15, 0.2) is 10.9 Å². The van der Waals surface area contributed by atoms with Crippen molar-refractivity contribution in [1.29, 1.82) is 0 Å². The van der Waals surface area contributed by atoms with Gasteiger partial charge in [0.05, 0.1) is 29.5 Å². The van der Waals surface area contributed by atoms with Crippen LogP contribution in [0.2, 0.25) is 0 Å². The molecule has 0 atom stereocenters. The average Bonchev–Trinajstić information content (AvgIpc) is 3.67. The smallest absolute Gasteiger partial charge is 0.255 e. The number of pyridine rings is 1. The zero-order valence-corrected chi connectivity index (χ0v) is 20.1. The van der Waals surface area contributed by atoms with E-state index in [1.165, 1.54) is 16.1 Å². The fourth-order valence-electron chi connectivity index (χ4n) is 3.71. The van der Waals surface area contributed by atoms with Gasteiger partial charge >= 0.3 is 0 Å². The van der Waals surface area contributed by atoms with Crippen LogP contribution < -0.4 is 21.2 Å². The third-order valence-corrected chi connectivity index (χ3v) is 6.31. The average molecular weight is 509 g/mol. The predicted molar refractivity (Wildman–Crippen MR) is 143 cm³/mol. The van der Waals surface area contributed by atoms with Crippen LogP contribution in [0.25, 0.3) is 17.0 Å². The highest BCUT2D eigenvalue weighted by Gasteiger charge is 2.12. The number of benzene rings is 2. The van der Waals surface area contributed by atoms with Gasteiger partial charge in [0, 0.05) is 41.2 Å². The number of nitrogens with two attached hydrogens (primary N) is 1. The minimum Gasteiger partial charge on any atom is -0.397 e. The summed E-state index contributed by atoms with van der Waals surface area (Å²) >= 11 is 1.48. The number of carbonyl (C=O) groups excluding carboxylic acids is 1. The monoisotopic (exact) mass is 508 g/mol. The Labute approximate surface area is 215 Å². The first kappa shape index (κ1) is 22.3. The lowest BCUT2D eigenvalue weighted by molar-refractivity contribution is 0.102. The van der Waals surface area contributed by atoms with Gasteiger partial charge in [0.25, 0.3) is 5.91 Å². The number of aromatic nitrogens is 5. The maximum absolute atomic E-state index is 12.6. The molecule has 6 aromatic rings. The van der Waals surface area contributed by atoms with Gasteiger partial charge in [-0.1, -0.05) is 12.1 Å². The van der Waals surface area contributed by atoms with Crippen LogP contribution in [0, 0.1) is 0 Å². The number of amides is 1. The van der Waals surface area contributed by atoms with Gasteiger partial charge < -0.3 is 21.2 Å². The number of nitrogen functional groups attached to an aromatic ring is 1. The molecule has 4 N–H and O–H groups in total. The van der Waals surface area contributed by atoms with E-state index in [1.807, 2.05) is 52.4 Å². The molecule has 0 aliphatic heterocycles. The molecule has 0 unspecified atom stereocenters. The number of fused-ring (bicyclic) bond motifs is 1. The molecule has 182 valence electrons. The van der Waals surface area contributed by atoms with Crippen LogP contribution >= 0.6 is 11.3 Å². The number of hydrogen-bond acceptors (Lipinski definition) is 8. The molecule has 0 fully saturated rings. The lowest BCUT2D eigenvalue weighted by Crippen LogP contribution is -2.13. The van der Waals surface area contributed by atoms with Crippen molar-refractivity contribution in [2.24, 2.45) is 0 Å². The summed E-state index contributed by atoms with van der Waals surface area (Å²) in [5.41, 5.74) is 10.7. The van der Waals surface area contributed by atoms with E-state index in [-0.39, 0.29) is 5.91 Å². The Balaban J connectivity index is 1.14. The van der Waals surface area contributed by atoms with E-state index in [2.05, 4.69) is 20.6 Å². The van der Waals surface area contributed by atoms with Crippen LogP contribution in [0.15, 0.2) is 97.2 Å². The van der Waals surface area contributed by atoms with Crippen LogP contribution in [-0.2, 0) is 0 Å². The number of nitrogens with zero attached hydrogens (tertiary/aromatic N) is 5. The number of rotatable bonds is 7. The van der Waals surface area contributed by atoms with Gasteiger partial charge in [-0.25, -0.2) is 15.0 Å². The van der Waals surface area contributed by atoms with Crippen molar-refractivity contribution in [2.75, 3.05) is 16.4 Å². The molecule has 0 radical (unpaired) electrons. The number of para-hydroxylation sites is 2. The summed E-state index contributed by atoms with van der Waals surface area (Å²) in [6, 6.07) is 18.0. The highest BCUT2D eigenvalue weighted by Crippen LogP contribution is 2.29. The molecule has 4 heterocycles. The van der Waals surface area contributed by atoms with E-state index in [0.29, 0.717) is 22.7 Å². The number of hydrogen-bond donors (Lipinski definition) is 3. The van der Waals surface area contributed by atoms with Crippen molar-refractivity contribution in [3.8, 4) is 17.1 Å². The van der Waals surface area contributed by atoms with Crippen molar-refractivity contribution in [3.05, 3.63) is 103 Å². The Morgan fingerprint density at radius 2 is 1.92 bits per heavy atom. The van der Waals surface area contributed by atoms with Gasteiger partial charge in [-0.3, -0.25) is 9.20 Å². The second-order valence-corrected chi connectivity index (χ2v) is 8.89. The van der Waals surface area contributed by atoms with Gasteiger partial charge in [-0.05, 0) is 36.4 Å². The summed E-state index contributed by atoms with van der Waals surface area (Å²) in [6.45, 7) is 0. The van der Waals surface area contributed by atoms with E-state index in [4.69, 9.17) is 15.6 Å². The second-order valence-electron chi connectivity index (χ2n) is 8.03. The summed E-state index contributed by atoms with van der Waals surface area (Å²) in [7, 11) is 0. The molecule has 2 aromatic carbocycles. The van der Waals surface area contributed by atoms with Crippen molar-refractivity contribution in [2.45, 2.75) is 0 Å². The van der Waals surface area contributed by atoms with Crippen LogP contribution in [0.5, 0.6) is 5.75 Å². The Morgan fingerprint density at radius 1 is 1.05 bits per heavy atom. The summed E-state index contributed by atoms with van der Waals surface area (Å²) in [6.07, 6.45) is 8.61. The van der Waals surface area contributed by atoms with Gasteiger partial charge in [-0.2, -0.15) is 4.73 Å². The molecule has 0 spiro atoms. The molecule has 0 saturated heterocycles. The maximum Gasteiger partial charge on any atom is 0.255 e. The molecule has 11 heteroatoms. The fourth-order valence-corrected chi connectivity index (χ4v) is 4.44. The molecule has 10 nitrogen and oxygen atoms in total. The van der Waals surface area contributed by atoms with Crippen molar-refractivity contribution in [1.82, 2.24) is 24.1 Å². The third kappa shape index (κ3) is 4.70. The molecule has 1 amide bonds. The number of carbonyl (C=O) groups is 1. The van der Waals surface area contributed by atoms with Gasteiger partial charge in [0.1, 0.15) is 17.7 Å². The first-order valence-corrected chi connectivity index (χ1v) is 12.1. The first-order chi connectivity index (χ1) is 18.1. The van der Waals surface area contributed by atoms with Crippen LogP contribution in [0.1, 0.15) is 10.4 Å². The Morgan fingerprint density at radius 3 is 2.73 bits per heavy atom. The van der Waals surface area contributed by atoms with E-state index in [1.54, 1.807) is 49.2 Å². The lowest BCUT2D eigenvalue weighted by Gasteiger charge is -2.08. The van der Waals surface area contributed by atoms with Crippen molar-refractivity contribution in [3.63, 3.8) is 0 Å². The summed E-state index contributed by atoms with van der Waals surface area (Å²) in [5, 5.41) is 8.81. The molecule has 4 aromatic heterocycles. The predicted octanol–water partition coefficient (Wildman–Crippen LogP) is 5.07. The SMILES string of the molecule is Nc1ccccc1NC(=O)c1ccc(Nc2nc(-c3cnc4cc(On5ccnc5)ccn34)cs2)cc1. The van der Waals surface area contributed by atoms with Crippen molar-refractivity contribution < 1.29 is 9.63 Å². The molecular weight excluding hydrogens is 488 g/mol. The van der Waals surface area contributed by atoms with Gasteiger partial charge in [0.2, 0.25) is 0 Å². The van der Waals surface area contributed by atoms with E-state index in [9.17, 15) is 4.79 Å². The molecule has 37 heavy (non-hydrogen) atoms. The molecular formula is C26H20N8O2S. The zero-order chi connectivity index (χ0) is 25.2. The van der Waals surface area contributed by atoms with Crippen LogP contribution in [0.4, 0.5) is 22.2 Å². The summed E-state index contributed by atoms with van der Waals surface area (Å²) in [4.78, 5) is 31.5. The molecule has 0 saturated carbocycles. The largest absolute Gasteiger partial charge is 0.397 e. The van der Waals surface area contributed by atoms with E-state index in [0.717, 1.165) is 27.9 Å². The summed E-state index contributed by atoms with van der Waals surface area (Å²) in [5.74, 6) is 0.417. The normalized spacial score (nSPS) is 10.9. The number of thiazole rings is 1. The molecule has 6 rings (SSSR count). The van der Waals surface area contributed by atoms with Crippen LogP contribution in [0.3, 0.4) is 0 Å². The Bertz CT molecular complexity index is 1690. The van der Waals surface area contributed by atoms with Crippen molar-refractivity contribution >= 4 is 45.1 Å². The molecule has 0 aliphatic rings. The fraction of sp³-hybridized carbons (Fsp3) is 0. The maximum atomic E-state index is 12.6. The quantitative estimate of drug-likeness (QED) is 0.257. The lowest BCUT2D eigenvalue weighted by atomic mass is 10.2. The standard InChI is InChI=1S/C26H20N8O2S/c27-20-3-1-2-4-21(20)31-25(35)17-5-7-18(8-6-17)30-26-32-22(15-37-26)23-14-29-24-13-19(9-11-34(23)24)36-33-12-10-28-16-33/h1-16H,27H2,(H,30,32)(H,31,35). The number of imidazole rings is 2. The highest BCUT2D eigenvalue weighted by molar-refractivity contribution is 7.14. The Kier molecular flexibility index (Phi) is 5.71. The van der Waals surface area contributed by atoms with Gasteiger partial charge in [-0.15, -0.1) is 11.3 Å². The zero-order valence-electron chi connectivity index (χ0n) is 19.3. The minimum atomic E-state index is -0.229. The van der Waals surface area contributed by atoms with Crippen LogP contribution in [-0.4, -0.2) is 30.0 Å². The Hall–Kier alpha value is -5.16. The second kappa shape index (κ2) is 9.47. The van der Waals surface area contributed by atoms with E-state index < -0.39 is 0 Å². The van der Waals surface area contributed by atoms with E-state index >= 15 is 0 Å². The first-order valence-electron chi connectivity index (χ1n) is 11.2. The number of anilines is 4. The number of nitrogens with one attached hydrogen (secondary N) is 2. The summed E-state index contributed by atoms with van der Waals surface area (Å²) < 4.78 is 3.47. The third-order valence-electron chi connectivity index (χ3n) is 5.55. The molecule has 0 aliphatic carbocycles.